The van der Waals surface area contributed by atoms with Crippen LogP contribution in [-0.4, -0.2) is 16.1 Å². The maximum absolute atomic E-state index is 12.9. The first-order valence-corrected chi connectivity index (χ1v) is 6.02. The van der Waals surface area contributed by atoms with E-state index in [0.717, 1.165) is 0 Å². The lowest BCUT2D eigenvalue weighted by Gasteiger charge is -2.02. The Morgan fingerprint density at radius 2 is 1.95 bits per heavy atom. The molecule has 0 aliphatic heterocycles. The molecule has 2 aromatic heterocycles. The molecule has 0 aliphatic rings. The maximum Gasteiger partial charge on any atom is 0.371 e. The number of halogens is 2. The Kier molecular flexibility index (Phi) is 2.91. The van der Waals surface area contributed by atoms with E-state index in [1.807, 2.05) is 0 Å². The molecule has 0 fully saturated rings. The lowest BCUT2D eigenvalue weighted by atomic mass is 10.1. The number of hydrogen-bond donors (Lipinski definition) is 1. The molecule has 0 spiro atoms. The summed E-state index contributed by atoms with van der Waals surface area (Å²) in [6.45, 7) is 0. The molecule has 0 aliphatic carbocycles. The second kappa shape index (κ2) is 4.61. The number of carboxylic acid groups (broad SMARTS) is 1. The molecule has 0 unspecified atom stereocenters. The average Bonchev–Trinajstić information content (AvgIpc) is 2.84. The van der Waals surface area contributed by atoms with Gasteiger partial charge < -0.3 is 9.52 Å². The quantitative estimate of drug-likeness (QED) is 0.775. The topological polar surface area (TPSA) is 63.3 Å². The van der Waals surface area contributed by atoms with Gasteiger partial charge in [0.25, 0.3) is 0 Å². The zero-order valence-electron chi connectivity index (χ0n) is 9.93. The fourth-order valence-electron chi connectivity index (χ4n) is 1.86. The molecule has 100 valence electrons. The molecule has 0 saturated carbocycles. The van der Waals surface area contributed by atoms with Crippen LogP contribution in [0.5, 0.6) is 0 Å². The maximum atomic E-state index is 12.9. The number of aromatic carboxylic acids is 1. The minimum atomic E-state index is -1.19. The van der Waals surface area contributed by atoms with Crippen molar-refractivity contribution in [3.05, 3.63) is 53.0 Å². The van der Waals surface area contributed by atoms with Crippen LogP contribution in [0.25, 0.3) is 22.4 Å². The lowest BCUT2D eigenvalue weighted by Crippen LogP contribution is -1.91. The highest BCUT2D eigenvalue weighted by molar-refractivity contribution is 6.35. The summed E-state index contributed by atoms with van der Waals surface area (Å²) < 4.78 is 18.0. The molecule has 0 saturated heterocycles. The van der Waals surface area contributed by atoms with E-state index in [-0.39, 0.29) is 22.2 Å². The summed E-state index contributed by atoms with van der Waals surface area (Å²) in [4.78, 5) is 15.1. The molecular weight excluding hydrogens is 285 g/mol. The Morgan fingerprint density at radius 3 is 2.60 bits per heavy atom. The number of furan rings is 1. The van der Waals surface area contributed by atoms with Gasteiger partial charge in [-0.15, -0.1) is 0 Å². The first-order chi connectivity index (χ1) is 9.54. The lowest BCUT2D eigenvalue weighted by molar-refractivity contribution is 0.0665. The monoisotopic (exact) mass is 291 g/mol. The van der Waals surface area contributed by atoms with Crippen LogP contribution in [0.1, 0.15) is 10.6 Å². The van der Waals surface area contributed by atoms with Crippen LogP contribution in [0.4, 0.5) is 4.39 Å². The van der Waals surface area contributed by atoms with Gasteiger partial charge in [0.1, 0.15) is 11.3 Å². The van der Waals surface area contributed by atoms with Crippen LogP contribution >= 0.6 is 11.6 Å². The third-order valence-electron chi connectivity index (χ3n) is 2.78. The summed E-state index contributed by atoms with van der Waals surface area (Å²) in [5.41, 5.74) is 1.75. The van der Waals surface area contributed by atoms with Gasteiger partial charge in [-0.2, -0.15) is 0 Å². The van der Waals surface area contributed by atoms with Gasteiger partial charge in [-0.25, -0.2) is 14.2 Å². The van der Waals surface area contributed by atoms with Gasteiger partial charge in [-0.05, 0) is 30.3 Å². The zero-order chi connectivity index (χ0) is 14.3. The van der Waals surface area contributed by atoms with Gasteiger partial charge in [0, 0.05) is 11.6 Å². The highest BCUT2D eigenvalue weighted by Crippen LogP contribution is 2.30. The fourth-order valence-corrected chi connectivity index (χ4v) is 2.10. The molecule has 2 heterocycles. The van der Waals surface area contributed by atoms with Crippen molar-refractivity contribution in [3.8, 4) is 11.3 Å². The van der Waals surface area contributed by atoms with Crippen LogP contribution in [0.15, 0.2) is 40.8 Å². The molecule has 0 bridgehead atoms. The summed E-state index contributed by atoms with van der Waals surface area (Å²) in [5.74, 6) is -1.77. The number of nitrogens with zero attached hydrogens (tertiary/aromatic N) is 1. The molecular formula is C14H7ClFNO3. The smallest absolute Gasteiger partial charge is 0.371 e. The minimum absolute atomic E-state index is 0.218. The predicted octanol–water partition coefficient (Wildman–Crippen LogP) is 3.99. The van der Waals surface area contributed by atoms with Crippen molar-refractivity contribution in [2.75, 3.05) is 0 Å². The van der Waals surface area contributed by atoms with Gasteiger partial charge in [-0.1, -0.05) is 11.6 Å². The van der Waals surface area contributed by atoms with Crippen molar-refractivity contribution >= 4 is 28.7 Å². The molecule has 20 heavy (non-hydrogen) atoms. The predicted molar refractivity (Wildman–Crippen MR) is 71.4 cm³/mol. The van der Waals surface area contributed by atoms with Crippen molar-refractivity contribution < 1.29 is 18.7 Å². The molecule has 0 atom stereocenters. The highest BCUT2D eigenvalue weighted by atomic mass is 35.5. The highest BCUT2D eigenvalue weighted by Gasteiger charge is 2.15. The molecule has 0 radical (unpaired) electrons. The van der Waals surface area contributed by atoms with Crippen molar-refractivity contribution in [2.45, 2.75) is 0 Å². The van der Waals surface area contributed by atoms with Crippen LogP contribution in [0, 0.1) is 5.82 Å². The number of carbonyl (C=O) groups is 1. The number of benzene rings is 1. The second-order valence-electron chi connectivity index (χ2n) is 4.13. The number of rotatable bonds is 2. The summed E-state index contributed by atoms with van der Waals surface area (Å²) in [5, 5.41) is 9.14. The van der Waals surface area contributed by atoms with Gasteiger partial charge in [0.2, 0.25) is 5.76 Å². The molecule has 3 aromatic rings. The Hall–Kier alpha value is -2.40. The summed E-state index contributed by atoms with van der Waals surface area (Å²) in [7, 11) is 0. The second-order valence-corrected chi connectivity index (χ2v) is 4.53. The van der Waals surface area contributed by atoms with E-state index in [4.69, 9.17) is 21.1 Å². The first kappa shape index (κ1) is 12.6. The van der Waals surface area contributed by atoms with Crippen molar-refractivity contribution in [2.24, 2.45) is 0 Å². The summed E-state index contributed by atoms with van der Waals surface area (Å²) >= 11 is 6.06. The largest absolute Gasteiger partial charge is 0.475 e. The molecule has 1 N–H and O–H groups in total. The zero-order valence-corrected chi connectivity index (χ0v) is 10.7. The number of carboxylic acids is 1. The summed E-state index contributed by atoms with van der Waals surface area (Å²) in [6.07, 6.45) is 0. The number of aromatic nitrogens is 1. The third-order valence-corrected chi connectivity index (χ3v) is 3.07. The SMILES string of the molecule is O=C(O)c1cc2nc(-c3ccc(F)cc3)cc(Cl)c2o1. The van der Waals surface area contributed by atoms with Crippen molar-refractivity contribution in [3.63, 3.8) is 0 Å². The molecule has 1 aromatic carbocycles. The van der Waals surface area contributed by atoms with E-state index in [2.05, 4.69) is 4.98 Å². The molecule has 6 heteroatoms. The summed E-state index contributed by atoms with van der Waals surface area (Å²) in [6, 6.07) is 8.61. The standard InChI is InChI=1S/C14H7ClFNO3/c15-9-5-10(7-1-3-8(16)4-2-7)17-11-6-12(14(18)19)20-13(9)11/h1-6H,(H,18,19). The Morgan fingerprint density at radius 1 is 1.25 bits per heavy atom. The van der Waals surface area contributed by atoms with E-state index in [1.54, 1.807) is 18.2 Å². The third kappa shape index (κ3) is 2.12. The van der Waals surface area contributed by atoms with E-state index in [0.29, 0.717) is 16.8 Å². The Labute approximate surface area is 117 Å². The first-order valence-electron chi connectivity index (χ1n) is 5.64. The number of hydrogen-bond acceptors (Lipinski definition) is 3. The van der Waals surface area contributed by atoms with Crippen molar-refractivity contribution in [1.29, 1.82) is 0 Å². The number of fused-ring (bicyclic) bond motifs is 1. The fraction of sp³-hybridized carbons (Fsp3) is 0. The average molecular weight is 292 g/mol. The van der Waals surface area contributed by atoms with Gasteiger partial charge >= 0.3 is 5.97 Å². The molecule has 3 rings (SSSR count). The molecule has 0 amide bonds. The van der Waals surface area contributed by atoms with Gasteiger partial charge in [-0.3, -0.25) is 0 Å². The van der Waals surface area contributed by atoms with Crippen molar-refractivity contribution in [1.82, 2.24) is 4.98 Å². The normalized spacial score (nSPS) is 10.9. The van der Waals surface area contributed by atoms with Crippen LogP contribution < -0.4 is 0 Å². The van der Waals surface area contributed by atoms with Crippen LogP contribution in [0.3, 0.4) is 0 Å². The van der Waals surface area contributed by atoms with E-state index < -0.39 is 5.97 Å². The van der Waals surface area contributed by atoms with E-state index in [1.165, 1.54) is 18.2 Å². The van der Waals surface area contributed by atoms with Gasteiger partial charge in [0.15, 0.2) is 5.58 Å². The van der Waals surface area contributed by atoms with E-state index >= 15 is 0 Å². The van der Waals surface area contributed by atoms with E-state index in [9.17, 15) is 9.18 Å². The van der Waals surface area contributed by atoms with Crippen LogP contribution in [0.2, 0.25) is 5.02 Å². The number of pyridine rings is 1. The Balaban J connectivity index is 2.18. The minimum Gasteiger partial charge on any atom is -0.475 e. The Bertz CT molecular complexity index is 811. The van der Waals surface area contributed by atoms with Crippen LogP contribution in [-0.2, 0) is 0 Å². The molecule has 4 nitrogen and oxygen atoms in total. The van der Waals surface area contributed by atoms with Gasteiger partial charge in [0.05, 0.1) is 10.7 Å².